The molecule has 1 aliphatic heterocycles. The summed E-state index contributed by atoms with van der Waals surface area (Å²) in [6.07, 6.45) is -0.196. The minimum Gasteiger partial charge on any atom is -0.445 e. The molecule has 0 fully saturated rings. The van der Waals surface area contributed by atoms with E-state index in [2.05, 4.69) is 31.7 Å². The van der Waals surface area contributed by atoms with Crippen LogP contribution in [0.1, 0.15) is 12.0 Å². The Morgan fingerprint density at radius 3 is 2.77 bits per heavy atom. The van der Waals surface area contributed by atoms with Crippen LogP contribution in [0.25, 0.3) is 0 Å². The van der Waals surface area contributed by atoms with Crippen LogP contribution in [0.5, 0.6) is 0 Å². The number of carbonyl (C=O) groups excluding carboxylic acids is 2. The first-order valence-electron chi connectivity index (χ1n) is 6.73. The van der Waals surface area contributed by atoms with Gasteiger partial charge in [0.05, 0.1) is 13.1 Å². The van der Waals surface area contributed by atoms with Crippen LogP contribution in [-0.4, -0.2) is 35.8 Å². The third-order valence-electron chi connectivity index (χ3n) is 2.83. The molecule has 0 aliphatic carbocycles. The highest BCUT2D eigenvalue weighted by atomic mass is 79.9. The molecule has 0 spiro atoms. The van der Waals surface area contributed by atoms with E-state index in [0.717, 1.165) is 10.2 Å². The number of alkyl carbamates (subject to hydrolysis) is 1. The summed E-state index contributed by atoms with van der Waals surface area (Å²) in [5.41, 5.74) is 0.881. The predicted octanol–water partition coefficient (Wildman–Crippen LogP) is 1.53. The lowest BCUT2D eigenvalue weighted by Crippen LogP contribution is -2.40. The van der Waals surface area contributed by atoms with E-state index in [0.29, 0.717) is 13.0 Å². The van der Waals surface area contributed by atoms with E-state index in [9.17, 15) is 9.59 Å². The van der Waals surface area contributed by atoms with Gasteiger partial charge in [0.1, 0.15) is 11.2 Å². The van der Waals surface area contributed by atoms with Crippen molar-refractivity contribution >= 4 is 32.6 Å². The zero-order valence-electron chi connectivity index (χ0n) is 11.8. The first kappa shape index (κ1) is 16.3. The van der Waals surface area contributed by atoms with Crippen LogP contribution in [0.2, 0.25) is 0 Å². The average Bonchev–Trinajstić information content (AvgIpc) is 2.95. The average molecular weight is 370 g/mol. The number of halogens is 1. The molecule has 0 aromatic heterocycles. The summed E-state index contributed by atoms with van der Waals surface area (Å²) < 4.78 is 5.71. The number of rotatable bonds is 6. The Morgan fingerprint density at radius 1 is 1.32 bits per heavy atom. The molecule has 0 saturated heterocycles. The quantitative estimate of drug-likeness (QED) is 0.795. The van der Waals surface area contributed by atoms with Crippen LogP contribution in [0.3, 0.4) is 0 Å². The number of nitrogens with one attached hydrogen (secondary N) is 2. The van der Waals surface area contributed by atoms with Crippen molar-refractivity contribution < 1.29 is 19.2 Å². The largest absolute Gasteiger partial charge is 0.445 e. The molecular weight excluding hydrogens is 354 g/mol. The summed E-state index contributed by atoms with van der Waals surface area (Å²) in [5, 5.41) is 8.75. The SMILES string of the molecule is O=C(CNC(=O)OCc1ccccc1)NCC1CC(Br)=NO1. The molecule has 2 amide bonds. The van der Waals surface area contributed by atoms with Gasteiger partial charge in [0.15, 0.2) is 6.10 Å². The van der Waals surface area contributed by atoms with Crippen molar-refractivity contribution in [2.75, 3.05) is 13.1 Å². The van der Waals surface area contributed by atoms with Crippen molar-refractivity contribution in [3.63, 3.8) is 0 Å². The van der Waals surface area contributed by atoms with Gasteiger partial charge >= 0.3 is 6.09 Å². The molecule has 0 radical (unpaired) electrons. The molecule has 1 aromatic carbocycles. The topological polar surface area (TPSA) is 89.0 Å². The summed E-state index contributed by atoms with van der Waals surface area (Å²) in [4.78, 5) is 28.1. The van der Waals surface area contributed by atoms with Gasteiger partial charge in [-0.05, 0) is 21.5 Å². The normalized spacial score (nSPS) is 16.4. The zero-order valence-corrected chi connectivity index (χ0v) is 13.3. The van der Waals surface area contributed by atoms with Crippen LogP contribution in [-0.2, 0) is 21.0 Å². The van der Waals surface area contributed by atoms with Gasteiger partial charge in [0.25, 0.3) is 0 Å². The number of benzene rings is 1. The number of amides is 2. The van der Waals surface area contributed by atoms with E-state index in [1.807, 2.05) is 30.3 Å². The summed E-state index contributed by atoms with van der Waals surface area (Å²) in [6.45, 7) is 0.343. The third-order valence-corrected chi connectivity index (χ3v) is 3.30. The highest BCUT2D eigenvalue weighted by Crippen LogP contribution is 2.12. The number of nitrogens with zero attached hydrogens (tertiary/aromatic N) is 1. The summed E-state index contributed by atoms with van der Waals surface area (Å²) in [6, 6.07) is 9.30. The van der Waals surface area contributed by atoms with Crippen LogP contribution < -0.4 is 10.6 Å². The van der Waals surface area contributed by atoms with Crippen molar-refractivity contribution in [3.8, 4) is 0 Å². The van der Waals surface area contributed by atoms with Gasteiger partial charge in [-0.25, -0.2) is 4.79 Å². The van der Waals surface area contributed by atoms with Gasteiger partial charge in [-0.1, -0.05) is 35.5 Å². The third kappa shape index (κ3) is 5.72. The summed E-state index contributed by atoms with van der Waals surface area (Å²) >= 11 is 3.21. The maximum absolute atomic E-state index is 11.6. The van der Waals surface area contributed by atoms with Crippen molar-refractivity contribution in [3.05, 3.63) is 35.9 Å². The van der Waals surface area contributed by atoms with E-state index in [-0.39, 0.29) is 25.2 Å². The van der Waals surface area contributed by atoms with E-state index in [1.165, 1.54) is 0 Å². The van der Waals surface area contributed by atoms with Crippen LogP contribution in [0.15, 0.2) is 35.5 Å². The lowest BCUT2D eigenvalue weighted by atomic mass is 10.2. The standard InChI is InChI=1S/C14H16BrN3O4/c15-12-6-11(22-18-12)7-16-13(19)8-17-14(20)21-9-10-4-2-1-3-5-10/h1-5,11H,6-9H2,(H,16,19)(H,17,20). The Balaban J connectivity index is 1.56. The predicted molar refractivity (Wildman–Crippen MR) is 83.5 cm³/mol. The van der Waals surface area contributed by atoms with Gasteiger partial charge in [-0.15, -0.1) is 0 Å². The Bertz CT molecular complexity index is 550. The Morgan fingerprint density at radius 2 is 2.09 bits per heavy atom. The highest BCUT2D eigenvalue weighted by Gasteiger charge is 2.19. The van der Waals surface area contributed by atoms with Gasteiger partial charge in [0, 0.05) is 6.42 Å². The highest BCUT2D eigenvalue weighted by molar-refractivity contribution is 9.18. The Kier molecular flexibility index (Phi) is 6.20. The number of carbonyl (C=O) groups is 2. The minimum absolute atomic E-state index is 0.150. The minimum atomic E-state index is -0.637. The van der Waals surface area contributed by atoms with Crippen molar-refractivity contribution in [1.82, 2.24) is 10.6 Å². The summed E-state index contributed by atoms with van der Waals surface area (Å²) in [5.74, 6) is -0.316. The van der Waals surface area contributed by atoms with Gasteiger partial charge in [-0.3, -0.25) is 4.79 Å². The number of ether oxygens (including phenoxy) is 1. The van der Waals surface area contributed by atoms with Crippen LogP contribution in [0, 0.1) is 0 Å². The number of oxime groups is 1. The molecule has 22 heavy (non-hydrogen) atoms. The second-order valence-corrected chi connectivity index (χ2v) is 5.53. The van der Waals surface area contributed by atoms with E-state index < -0.39 is 6.09 Å². The van der Waals surface area contributed by atoms with E-state index >= 15 is 0 Å². The first-order valence-corrected chi connectivity index (χ1v) is 7.52. The molecule has 1 unspecified atom stereocenters. The molecule has 7 nitrogen and oxygen atoms in total. The van der Waals surface area contributed by atoms with Crippen LogP contribution in [0.4, 0.5) is 4.79 Å². The molecule has 1 aromatic rings. The smallest absolute Gasteiger partial charge is 0.407 e. The molecule has 8 heteroatoms. The Hall–Kier alpha value is -2.09. The second-order valence-electron chi connectivity index (χ2n) is 4.62. The van der Waals surface area contributed by atoms with Crippen molar-refractivity contribution in [2.45, 2.75) is 19.1 Å². The Labute approximate surface area is 136 Å². The van der Waals surface area contributed by atoms with Crippen molar-refractivity contribution in [2.24, 2.45) is 5.16 Å². The fourth-order valence-corrected chi connectivity index (χ4v) is 2.17. The number of hydrogen-bond acceptors (Lipinski definition) is 5. The lowest BCUT2D eigenvalue weighted by molar-refractivity contribution is -0.120. The summed E-state index contributed by atoms with van der Waals surface area (Å²) in [7, 11) is 0. The molecular formula is C14H16BrN3O4. The molecule has 2 N–H and O–H groups in total. The lowest BCUT2D eigenvalue weighted by Gasteiger charge is -2.10. The van der Waals surface area contributed by atoms with Gasteiger partial charge in [0.2, 0.25) is 5.91 Å². The maximum atomic E-state index is 11.6. The number of hydrogen-bond donors (Lipinski definition) is 2. The molecule has 0 bridgehead atoms. The monoisotopic (exact) mass is 369 g/mol. The molecule has 0 saturated carbocycles. The molecule has 118 valence electrons. The first-order chi connectivity index (χ1) is 10.6. The van der Waals surface area contributed by atoms with Gasteiger partial charge in [-0.2, -0.15) is 0 Å². The van der Waals surface area contributed by atoms with E-state index in [4.69, 9.17) is 9.57 Å². The van der Waals surface area contributed by atoms with E-state index in [1.54, 1.807) is 0 Å². The molecule has 1 aliphatic rings. The molecule has 1 heterocycles. The van der Waals surface area contributed by atoms with Crippen LogP contribution >= 0.6 is 15.9 Å². The van der Waals surface area contributed by atoms with Crippen molar-refractivity contribution in [1.29, 1.82) is 0 Å². The maximum Gasteiger partial charge on any atom is 0.407 e. The molecule has 2 rings (SSSR count). The molecule has 1 atom stereocenters. The fraction of sp³-hybridized carbons (Fsp3) is 0.357. The zero-order chi connectivity index (χ0) is 15.8. The fourth-order valence-electron chi connectivity index (χ4n) is 1.72. The second kappa shape index (κ2) is 8.38. The van der Waals surface area contributed by atoms with Gasteiger partial charge < -0.3 is 20.2 Å².